The number of ether oxygens (including phenoxy) is 1. The van der Waals surface area contributed by atoms with Crippen molar-refractivity contribution in [1.29, 1.82) is 0 Å². The van der Waals surface area contributed by atoms with Crippen LogP contribution in [0.5, 0.6) is 11.5 Å². The summed E-state index contributed by atoms with van der Waals surface area (Å²) < 4.78 is 6.41. The Morgan fingerprint density at radius 3 is 1.70 bits per heavy atom. The molecule has 4 bridgehead atoms. The molecule has 44 heavy (non-hydrogen) atoms. The van der Waals surface area contributed by atoms with Crippen LogP contribution in [0.25, 0.3) is 33.4 Å². The monoisotopic (exact) mass is 570 g/mol. The lowest BCUT2D eigenvalue weighted by atomic mass is 9.43. The van der Waals surface area contributed by atoms with Gasteiger partial charge in [-0.2, -0.15) is 0 Å². The van der Waals surface area contributed by atoms with Crippen LogP contribution in [0.2, 0.25) is 0 Å². The quantitative estimate of drug-likeness (QED) is 0.205. The summed E-state index contributed by atoms with van der Waals surface area (Å²) in [5.74, 6) is 5.39. The van der Waals surface area contributed by atoms with Crippen LogP contribution in [-0.2, 0) is 10.8 Å². The minimum atomic E-state index is -0.139. The second-order valence-electron chi connectivity index (χ2n) is 15.0. The van der Waals surface area contributed by atoms with Crippen molar-refractivity contribution in [3.05, 3.63) is 131 Å². The number of hydrogen-bond acceptors (Lipinski definition) is 1. The molecule has 5 aromatic rings. The highest BCUT2D eigenvalue weighted by atomic mass is 16.5. The average molecular weight is 571 g/mol. The van der Waals surface area contributed by atoms with Crippen molar-refractivity contribution in [1.82, 2.24) is 0 Å². The molecule has 1 aliphatic heterocycles. The minimum Gasteiger partial charge on any atom is -0.457 e. The molecule has 5 aliphatic carbocycles. The lowest BCUT2D eigenvalue weighted by Crippen LogP contribution is -2.55. The van der Waals surface area contributed by atoms with Gasteiger partial charge in [0.05, 0.1) is 0 Å². The van der Waals surface area contributed by atoms with Crippen molar-refractivity contribution in [2.24, 2.45) is 23.7 Å². The van der Waals surface area contributed by atoms with Gasteiger partial charge in [0.15, 0.2) is 0 Å². The van der Waals surface area contributed by atoms with Crippen molar-refractivity contribution in [2.45, 2.75) is 56.8 Å². The van der Waals surface area contributed by atoms with Gasteiger partial charge in [0.1, 0.15) is 11.5 Å². The number of hydrogen-bond donors (Lipinski definition) is 0. The number of fused-ring (bicyclic) bond motifs is 5. The van der Waals surface area contributed by atoms with Gasteiger partial charge in [0, 0.05) is 22.0 Å². The molecule has 6 aliphatic rings. The summed E-state index contributed by atoms with van der Waals surface area (Å²) in [6.07, 6.45) is 7.14. The van der Waals surface area contributed by atoms with E-state index in [0.717, 1.165) is 35.2 Å². The summed E-state index contributed by atoms with van der Waals surface area (Å²) in [6.45, 7) is 4.65. The third kappa shape index (κ3) is 3.20. The first-order valence-electron chi connectivity index (χ1n) is 16.8. The molecule has 5 aromatic carbocycles. The van der Waals surface area contributed by atoms with Crippen LogP contribution in [-0.4, -0.2) is 0 Å². The largest absolute Gasteiger partial charge is 0.457 e. The highest BCUT2D eigenvalue weighted by Gasteiger charge is 2.61. The fourth-order valence-corrected chi connectivity index (χ4v) is 10.9. The van der Waals surface area contributed by atoms with Crippen LogP contribution in [0, 0.1) is 23.7 Å². The topological polar surface area (TPSA) is 9.23 Å². The Hall–Kier alpha value is -4.10. The van der Waals surface area contributed by atoms with Gasteiger partial charge in [-0.1, -0.05) is 98.8 Å². The molecule has 4 fully saturated rings. The van der Waals surface area contributed by atoms with E-state index in [1.807, 2.05) is 0 Å². The van der Waals surface area contributed by atoms with Crippen LogP contribution in [0.15, 0.2) is 109 Å². The molecule has 0 radical (unpaired) electrons. The van der Waals surface area contributed by atoms with E-state index < -0.39 is 0 Å². The Morgan fingerprint density at radius 2 is 1.00 bits per heavy atom. The first-order valence-corrected chi connectivity index (χ1v) is 16.8. The lowest BCUT2D eigenvalue weighted by molar-refractivity contribution is -0.0399. The van der Waals surface area contributed by atoms with Gasteiger partial charge in [-0.05, 0) is 125 Å². The molecule has 4 saturated carbocycles. The third-order valence-corrected chi connectivity index (χ3v) is 12.5. The summed E-state index contributed by atoms with van der Waals surface area (Å²) >= 11 is 0. The fourth-order valence-electron chi connectivity index (χ4n) is 10.9. The van der Waals surface area contributed by atoms with E-state index >= 15 is 0 Å². The lowest BCUT2D eigenvalue weighted by Gasteiger charge is -2.61. The Kier molecular flexibility index (Phi) is 5.02. The van der Waals surface area contributed by atoms with Crippen LogP contribution >= 0.6 is 0 Å². The van der Waals surface area contributed by atoms with E-state index in [2.05, 4.69) is 123 Å². The molecule has 0 unspecified atom stereocenters. The van der Waals surface area contributed by atoms with E-state index in [0.29, 0.717) is 0 Å². The maximum Gasteiger partial charge on any atom is 0.131 e. The molecule has 216 valence electrons. The zero-order valence-corrected chi connectivity index (χ0v) is 25.6. The van der Waals surface area contributed by atoms with Gasteiger partial charge in [-0.3, -0.25) is 0 Å². The molecule has 0 saturated heterocycles. The predicted octanol–water partition coefficient (Wildman–Crippen LogP) is 11.2. The molecular formula is C43H38O. The first kappa shape index (κ1) is 25.2. The molecule has 1 heterocycles. The summed E-state index contributed by atoms with van der Waals surface area (Å²) in [5.41, 5.74) is 14.0. The summed E-state index contributed by atoms with van der Waals surface area (Å²) in [5, 5.41) is 0. The smallest absolute Gasteiger partial charge is 0.131 e. The van der Waals surface area contributed by atoms with Crippen LogP contribution < -0.4 is 4.74 Å². The van der Waals surface area contributed by atoms with Gasteiger partial charge in [-0.25, -0.2) is 0 Å². The zero-order valence-electron chi connectivity index (χ0n) is 25.6. The van der Waals surface area contributed by atoms with Gasteiger partial charge in [0.25, 0.3) is 0 Å². The molecule has 1 nitrogen and oxygen atoms in total. The van der Waals surface area contributed by atoms with E-state index in [9.17, 15) is 0 Å². The Morgan fingerprint density at radius 1 is 0.477 bits per heavy atom. The molecule has 1 heteroatoms. The Balaban J connectivity index is 1.13. The van der Waals surface area contributed by atoms with E-state index in [4.69, 9.17) is 4.74 Å². The second kappa shape index (κ2) is 8.75. The molecule has 0 amide bonds. The van der Waals surface area contributed by atoms with Gasteiger partial charge < -0.3 is 4.74 Å². The molecule has 0 atom stereocenters. The molecule has 0 aromatic heterocycles. The van der Waals surface area contributed by atoms with E-state index in [-0.39, 0.29) is 10.8 Å². The molecular weight excluding hydrogens is 532 g/mol. The van der Waals surface area contributed by atoms with Crippen molar-refractivity contribution >= 4 is 0 Å². The normalized spacial score (nSPS) is 27.8. The number of rotatable bonds is 2. The summed E-state index contributed by atoms with van der Waals surface area (Å²) in [6, 6.07) is 41.3. The SMILES string of the molecule is CC1(C)c2ccccc2Oc2ccc(-c3ccccc3-c3ccc4c(c3)C3(c5ccccc5-4)C4CC5CC(C4)CC3C5)cc21. The predicted molar refractivity (Wildman–Crippen MR) is 179 cm³/mol. The fraction of sp³-hybridized carbons (Fsp3) is 0.302. The standard InChI is InChI=1S/C43H38O/c1-42(2)37-13-7-8-14-40(37)44-41-18-16-29(25-39(41)42)33-10-4-3-9-32(33)28-15-17-35-34-11-5-6-12-36(34)43(38(35)24-28)30-20-26-19-27(22-30)23-31(43)21-26/h3-18,24-27,30-31H,19-23H2,1-2H3. The van der Waals surface area contributed by atoms with Crippen molar-refractivity contribution < 1.29 is 4.74 Å². The van der Waals surface area contributed by atoms with Crippen LogP contribution in [0.4, 0.5) is 0 Å². The zero-order chi connectivity index (χ0) is 29.2. The minimum absolute atomic E-state index is 0.139. The van der Waals surface area contributed by atoms with Crippen molar-refractivity contribution in [3.63, 3.8) is 0 Å². The molecule has 11 rings (SSSR count). The highest BCUT2D eigenvalue weighted by molar-refractivity contribution is 5.89. The Labute approximate surface area is 260 Å². The van der Waals surface area contributed by atoms with Crippen LogP contribution in [0.1, 0.15) is 68.2 Å². The van der Waals surface area contributed by atoms with Gasteiger partial charge in [0.2, 0.25) is 0 Å². The summed E-state index contributed by atoms with van der Waals surface area (Å²) in [4.78, 5) is 0. The number of para-hydroxylation sites is 1. The van der Waals surface area contributed by atoms with Gasteiger partial charge in [-0.15, -0.1) is 0 Å². The van der Waals surface area contributed by atoms with E-state index in [1.165, 1.54) is 76.6 Å². The Bertz CT molecular complexity index is 1960. The van der Waals surface area contributed by atoms with Crippen molar-refractivity contribution in [3.8, 4) is 44.9 Å². The maximum absolute atomic E-state index is 6.41. The second-order valence-corrected chi connectivity index (χ2v) is 15.0. The molecule has 1 spiro atoms. The first-order chi connectivity index (χ1) is 21.5. The maximum atomic E-state index is 6.41. The molecule has 0 N–H and O–H groups in total. The van der Waals surface area contributed by atoms with E-state index in [1.54, 1.807) is 11.1 Å². The third-order valence-electron chi connectivity index (χ3n) is 12.5. The number of benzene rings is 5. The van der Waals surface area contributed by atoms with Crippen molar-refractivity contribution in [2.75, 3.05) is 0 Å². The summed E-state index contributed by atoms with van der Waals surface area (Å²) in [7, 11) is 0. The average Bonchev–Trinajstić information content (AvgIpc) is 3.33. The highest BCUT2D eigenvalue weighted by Crippen LogP contribution is 2.69. The van der Waals surface area contributed by atoms with Gasteiger partial charge >= 0.3 is 0 Å². The van der Waals surface area contributed by atoms with Crippen LogP contribution in [0.3, 0.4) is 0 Å².